The quantitative estimate of drug-likeness (QED) is 0.602. The van der Waals surface area contributed by atoms with Gasteiger partial charge in [0.2, 0.25) is 6.23 Å². The Morgan fingerprint density at radius 3 is 2.96 bits per heavy atom. The minimum absolute atomic E-state index is 0.168. The lowest BCUT2D eigenvalue weighted by Crippen LogP contribution is -2.33. The molecule has 2 aliphatic heterocycles. The molecule has 0 radical (unpaired) electrons. The summed E-state index contributed by atoms with van der Waals surface area (Å²) >= 11 is 3.41. The first-order chi connectivity index (χ1) is 12.8. The highest BCUT2D eigenvalue weighted by molar-refractivity contribution is 7.12. The van der Waals surface area contributed by atoms with E-state index in [4.69, 9.17) is 14.6 Å². The second kappa shape index (κ2) is 6.45. The molecule has 0 aliphatic carbocycles. The van der Waals surface area contributed by atoms with Crippen LogP contribution in [-0.2, 0) is 0 Å². The second-order valence-electron chi connectivity index (χ2n) is 6.26. The molecule has 0 N–H and O–H groups in total. The van der Waals surface area contributed by atoms with Crippen molar-refractivity contribution in [2.24, 2.45) is 5.10 Å². The molecule has 26 heavy (non-hydrogen) atoms. The highest BCUT2D eigenvalue weighted by atomic mass is 32.1. The van der Waals surface area contributed by atoms with Crippen molar-refractivity contribution in [3.63, 3.8) is 0 Å². The van der Waals surface area contributed by atoms with E-state index in [9.17, 15) is 0 Å². The van der Waals surface area contributed by atoms with E-state index in [1.807, 2.05) is 19.1 Å². The molecule has 0 spiro atoms. The number of rotatable bonds is 4. The third kappa shape index (κ3) is 2.52. The van der Waals surface area contributed by atoms with E-state index < -0.39 is 0 Å². The van der Waals surface area contributed by atoms with Gasteiger partial charge < -0.3 is 9.47 Å². The third-order valence-corrected chi connectivity index (χ3v) is 6.33. The van der Waals surface area contributed by atoms with E-state index in [2.05, 4.69) is 45.4 Å². The summed E-state index contributed by atoms with van der Waals surface area (Å²) < 4.78 is 12.3. The Bertz CT molecular complexity index is 935. The fourth-order valence-electron chi connectivity index (χ4n) is 3.58. The number of fused-ring (bicyclic) bond motifs is 3. The lowest BCUT2D eigenvalue weighted by Gasteiger charge is -2.38. The summed E-state index contributed by atoms with van der Waals surface area (Å²) in [7, 11) is 0. The van der Waals surface area contributed by atoms with Gasteiger partial charge in [-0.25, -0.2) is 5.01 Å². The van der Waals surface area contributed by atoms with E-state index in [-0.39, 0.29) is 12.3 Å². The van der Waals surface area contributed by atoms with Crippen LogP contribution >= 0.6 is 22.7 Å². The summed E-state index contributed by atoms with van der Waals surface area (Å²) in [5.41, 5.74) is 3.41. The Morgan fingerprint density at radius 2 is 2.19 bits per heavy atom. The number of hydrogen-bond donors (Lipinski definition) is 0. The van der Waals surface area contributed by atoms with Gasteiger partial charge in [0.1, 0.15) is 0 Å². The molecule has 3 aromatic rings. The molecule has 2 aliphatic rings. The van der Waals surface area contributed by atoms with Crippen LogP contribution in [0, 0.1) is 0 Å². The molecule has 2 unspecified atom stereocenters. The normalized spacial score (nSPS) is 21.0. The van der Waals surface area contributed by atoms with Gasteiger partial charge in [-0.3, -0.25) is 0 Å². The first kappa shape index (κ1) is 15.9. The van der Waals surface area contributed by atoms with Gasteiger partial charge in [0.15, 0.2) is 11.5 Å². The Labute approximate surface area is 160 Å². The topological polar surface area (TPSA) is 34.1 Å². The zero-order valence-electron chi connectivity index (χ0n) is 14.3. The predicted octanol–water partition coefficient (Wildman–Crippen LogP) is 5.45. The Balaban J connectivity index is 1.61. The summed E-state index contributed by atoms with van der Waals surface area (Å²) in [6.07, 6.45) is 0.658. The molecule has 2 atom stereocenters. The summed E-state index contributed by atoms with van der Waals surface area (Å²) in [5.74, 6) is 1.67. The molecule has 0 saturated carbocycles. The number of nitrogens with zero attached hydrogens (tertiary/aromatic N) is 2. The largest absolute Gasteiger partial charge is 0.490 e. The molecule has 1 aromatic carbocycles. The fourth-order valence-corrected chi connectivity index (χ4v) is 4.97. The highest BCUT2D eigenvalue weighted by Gasteiger charge is 2.42. The molecule has 0 bridgehead atoms. The van der Waals surface area contributed by atoms with Crippen molar-refractivity contribution in [3.05, 3.63) is 68.5 Å². The SMILES string of the molecule is CCOc1cccc2c1OC(c1ccsc1)N1N=C(c3cccs3)CC21. The van der Waals surface area contributed by atoms with E-state index in [0.29, 0.717) is 6.61 Å². The van der Waals surface area contributed by atoms with Gasteiger partial charge in [-0.05, 0) is 41.3 Å². The molecule has 132 valence electrons. The van der Waals surface area contributed by atoms with Crippen molar-refractivity contribution in [2.45, 2.75) is 25.6 Å². The smallest absolute Gasteiger partial charge is 0.214 e. The van der Waals surface area contributed by atoms with E-state index >= 15 is 0 Å². The average Bonchev–Trinajstić information content (AvgIpc) is 3.41. The van der Waals surface area contributed by atoms with E-state index in [1.54, 1.807) is 22.7 Å². The molecule has 0 amide bonds. The maximum atomic E-state index is 6.44. The fraction of sp³-hybridized carbons (Fsp3) is 0.250. The van der Waals surface area contributed by atoms with Crippen molar-refractivity contribution in [2.75, 3.05) is 6.61 Å². The summed E-state index contributed by atoms with van der Waals surface area (Å²) in [5, 5.41) is 13.4. The molecule has 4 nitrogen and oxygen atoms in total. The van der Waals surface area contributed by atoms with Crippen LogP contribution in [0.15, 0.2) is 57.6 Å². The van der Waals surface area contributed by atoms with Crippen LogP contribution in [0.1, 0.15) is 41.6 Å². The maximum Gasteiger partial charge on any atom is 0.214 e. The van der Waals surface area contributed by atoms with Crippen molar-refractivity contribution >= 4 is 28.4 Å². The summed E-state index contributed by atoms with van der Waals surface area (Å²) in [6, 6.07) is 12.7. The van der Waals surface area contributed by atoms with E-state index in [1.165, 1.54) is 4.88 Å². The number of para-hydroxylation sites is 1. The minimum Gasteiger partial charge on any atom is -0.490 e. The molecular weight excluding hydrogens is 364 g/mol. The zero-order valence-corrected chi connectivity index (χ0v) is 15.9. The minimum atomic E-state index is -0.224. The number of hydrogen-bond acceptors (Lipinski definition) is 6. The first-order valence-electron chi connectivity index (χ1n) is 8.69. The van der Waals surface area contributed by atoms with Crippen LogP contribution in [0.4, 0.5) is 0 Å². The lowest BCUT2D eigenvalue weighted by atomic mass is 9.97. The lowest BCUT2D eigenvalue weighted by molar-refractivity contribution is -0.0209. The first-order valence-corrected chi connectivity index (χ1v) is 10.5. The maximum absolute atomic E-state index is 6.44. The second-order valence-corrected chi connectivity index (χ2v) is 7.99. The van der Waals surface area contributed by atoms with Gasteiger partial charge in [-0.15, -0.1) is 11.3 Å². The molecule has 6 heteroatoms. The molecule has 5 rings (SSSR count). The van der Waals surface area contributed by atoms with Crippen LogP contribution in [0.2, 0.25) is 0 Å². The van der Waals surface area contributed by atoms with Gasteiger partial charge in [0, 0.05) is 17.5 Å². The average molecular weight is 383 g/mol. The van der Waals surface area contributed by atoms with Gasteiger partial charge in [-0.1, -0.05) is 18.2 Å². The third-order valence-electron chi connectivity index (χ3n) is 4.71. The van der Waals surface area contributed by atoms with E-state index in [0.717, 1.165) is 34.8 Å². The van der Waals surface area contributed by atoms with Crippen LogP contribution in [0.3, 0.4) is 0 Å². The zero-order chi connectivity index (χ0) is 17.5. The Kier molecular flexibility index (Phi) is 3.94. The highest BCUT2D eigenvalue weighted by Crippen LogP contribution is 2.51. The van der Waals surface area contributed by atoms with Crippen molar-refractivity contribution in [1.29, 1.82) is 0 Å². The van der Waals surface area contributed by atoms with Crippen LogP contribution in [-0.4, -0.2) is 17.3 Å². The monoisotopic (exact) mass is 382 g/mol. The van der Waals surface area contributed by atoms with Crippen molar-refractivity contribution in [1.82, 2.24) is 5.01 Å². The summed E-state index contributed by atoms with van der Waals surface area (Å²) in [6.45, 7) is 2.62. The predicted molar refractivity (Wildman–Crippen MR) is 105 cm³/mol. The van der Waals surface area contributed by atoms with Crippen molar-refractivity contribution in [3.8, 4) is 11.5 Å². The number of ether oxygens (including phenoxy) is 2. The number of thiophene rings is 2. The molecule has 0 saturated heterocycles. The number of benzene rings is 1. The van der Waals surface area contributed by atoms with Gasteiger partial charge in [0.25, 0.3) is 0 Å². The Hall–Kier alpha value is -2.31. The van der Waals surface area contributed by atoms with Crippen LogP contribution in [0.5, 0.6) is 11.5 Å². The Morgan fingerprint density at radius 1 is 1.23 bits per heavy atom. The number of hydrazone groups is 1. The summed E-state index contributed by atoms with van der Waals surface area (Å²) in [4.78, 5) is 1.23. The van der Waals surface area contributed by atoms with Crippen molar-refractivity contribution < 1.29 is 9.47 Å². The van der Waals surface area contributed by atoms with Crippen LogP contribution in [0.25, 0.3) is 0 Å². The molecule has 0 fully saturated rings. The van der Waals surface area contributed by atoms with Gasteiger partial charge >= 0.3 is 0 Å². The van der Waals surface area contributed by atoms with Gasteiger partial charge in [-0.2, -0.15) is 16.4 Å². The molecule has 4 heterocycles. The van der Waals surface area contributed by atoms with Gasteiger partial charge in [0.05, 0.1) is 23.2 Å². The standard InChI is InChI=1S/C20H18N2O2S2/c1-2-23-17-6-3-5-14-16-11-15(18-7-4-9-26-18)21-22(16)20(24-19(14)17)13-8-10-25-12-13/h3-10,12,16,20H,2,11H2,1H3. The molecular formula is C20H18N2O2S2. The molecule has 2 aromatic heterocycles. The van der Waals surface area contributed by atoms with Crippen LogP contribution < -0.4 is 9.47 Å².